The molecular formula is C40H48F2N8O8. The van der Waals surface area contributed by atoms with Gasteiger partial charge in [-0.2, -0.15) is 0 Å². The van der Waals surface area contributed by atoms with Gasteiger partial charge in [-0.1, -0.05) is 51.1 Å². The summed E-state index contributed by atoms with van der Waals surface area (Å²) in [4.78, 5) is 89.8. The average molecular weight is 807 g/mol. The fraction of sp³-hybridized carbons (Fsp3) is 0.375. The summed E-state index contributed by atoms with van der Waals surface area (Å²) in [5, 5.41) is 17.8. The van der Waals surface area contributed by atoms with E-state index in [-0.39, 0.29) is 38.2 Å². The zero-order valence-electron chi connectivity index (χ0n) is 32.4. The lowest BCUT2D eigenvalue weighted by Crippen LogP contribution is -2.54. The van der Waals surface area contributed by atoms with Crippen LogP contribution >= 0.6 is 0 Å². The molecule has 7 amide bonds. The highest BCUT2D eigenvalue weighted by Gasteiger charge is 2.38. The van der Waals surface area contributed by atoms with Gasteiger partial charge in [0, 0.05) is 61.3 Å². The highest BCUT2D eigenvalue weighted by molar-refractivity contribution is 6.14. The number of primary amides is 1. The van der Waals surface area contributed by atoms with E-state index in [4.69, 9.17) is 11.5 Å². The maximum atomic E-state index is 15.1. The van der Waals surface area contributed by atoms with E-state index in [1.54, 1.807) is 16.8 Å². The number of halogens is 2. The predicted molar refractivity (Wildman–Crippen MR) is 207 cm³/mol. The number of hydrogen-bond donors (Lipinski definition) is 6. The number of nitrogens with two attached hydrogens (primary N) is 2. The molecule has 0 fully saturated rings. The number of aromatic nitrogens is 1. The molecule has 0 radical (unpaired) electrons. The highest BCUT2D eigenvalue weighted by atomic mass is 19.1. The largest absolute Gasteiger partial charge is 0.387 e. The van der Waals surface area contributed by atoms with Gasteiger partial charge in [0.05, 0.1) is 18.5 Å². The van der Waals surface area contributed by atoms with Crippen LogP contribution in [0.3, 0.4) is 0 Å². The van der Waals surface area contributed by atoms with Gasteiger partial charge < -0.3 is 42.0 Å². The maximum absolute atomic E-state index is 15.1. The summed E-state index contributed by atoms with van der Waals surface area (Å²) in [7, 11) is 0. The van der Waals surface area contributed by atoms with Crippen molar-refractivity contribution in [3.8, 4) is 11.1 Å². The van der Waals surface area contributed by atoms with Crippen LogP contribution in [0.25, 0.3) is 11.1 Å². The summed E-state index contributed by atoms with van der Waals surface area (Å²) in [6.45, 7) is 3.77. The van der Waals surface area contributed by atoms with Crippen molar-refractivity contribution in [3.05, 3.63) is 95.8 Å². The Hall–Kier alpha value is -6.27. The second kappa shape index (κ2) is 19.7. The molecule has 0 saturated heterocycles. The molecule has 18 heteroatoms. The Morgan fingerprint density at radius 3 is 2.19 bits per heavy atom. The summed E-state index contributed by atoms with van der Waals surface area (Å²) in [6, 6.07) is 10.3. The van der Waals surface area contributed by atoms with Gasteiger partial charge in [-0.25, -0.2) is 8.78 Å². The second-order valence-corrected chi connectivity index (χ2v) is 14.8. The van der Waals surface area contributed by atoms with Gasteiger partial charge in [0.25, 0.3) is 11.8 Å². The quantitative estimate of drug-likeness (QED) is 0.0735. The third kappa shape index (κ3) is 11.9. The van der Waals surface area contributed by atoms with E-state index in [1.165, 1.54) is 4.90 Å². The first kappa shape index (κ1) is 44.4. The molecule has 0 saturated carbocycles. The Morgan fingerprint density at radius 1 is 0.914 bits per heavy atom. The molecule has 0 aliphatic carbocycles. The van der Waals surface area contributed by atoms with E-state index in [9.17, 15) is 43.1 Å². The number of nitrogens with one attached hydrogen (secondary N) is 3. The van der Waals surface area contributed by atoms with Gasteiger partial charge in [0.2, 0.25) is 29.5 Å². The topological polar surface area (TPSA) is 239 Å². The molecular weight excluding hydrogens is 758 g/mol. The number of benzene rings is 2. The van der Waals surface area contributed by atoms with Crippen LogP contribution in [0.2, 0.25) is 0 Å². The van der Waals surface area contributed by atoms with Crippen molar-refractivity contribution in [2.75, 3.05) is 32.8 Å². The number of aliphatic hydroxyl groups excluding tert-OH is 1. The number of amides is 7. The van der Waals surface area contributed by atoms with Crippen molar-refractivity contribution in [1.82, 2.24) is 30.3 Å². The lowest BCUT2D eigenvalue weighted by atomic mass is 9.82. The van der Waals surface area contributed by atoms with Crippen LogP contribution in [0.15, 0.2) is 72.9 Å². The van der Waals surface area contributed by atoms with Crippen LogP contribution < -0.4 is 27.4 Å². The number of imide groups is 1. The molecule has 0 bridgehead atoms. The zero-order chi connectivity index (χ0) is 42.7. The zero-order valence-corrected chi connectivity index (χ0v) is 32.4. The molecule has 1 aliphatic heterocycles. The number of rotatable bonds is 19. The second-order valence-electron chi connectivity index (χ2n) is 14.8. The first-order chi connectivity index (χ1) is 27.4. The SMILES string of the molecule is CC(C)(C)[C@H](c1cc(-c2cc(F)ccc2F)cn1Cc1ccccc1)N(CC[C@H](NC(=O)[C@@H](N)CC(N)=O)C(=O)NCCNC(=O)CN1C(=O)C=CC1=O)C(=O)CO. The molecule has 1 aliphatic rings. The van der Waals surface area contributed by atoms with Gasteiger partial charge >= 0.3 is 0 Å². The lowest BCUT2D eigenvalue weighted by Gasteiger charge is -2.41. The van der Waals surface area contributed by atoms with Gasteiger partial charge in [-0.3, -0.25) is 38.5 Å². The van der Waals surface area contributed by atoms with Crippen molar-refractivity contribution in [2.45, 2.75) is 58.3 Å². The minimum absolute atomic E-state index is 0.0151. The van der Waals surface area contributed by atoms with Gasteiger partial charge in [0.15, 0.2) is 0 Å². The number of carbonyl (C=O) groups is 7. The maximum Gasteiger partial charge on any atom is 0.254 e. The Kier molecular flexibility index (Phi) is 15.1. The number of nitrogens with zero attached hydrogens (tertiary/aromatic N) is 3. The number of aliphatic hydroxyl groups is 1. The van der Waals surface area contributed by atoms with Gasteiger partial charge in [0.1, 0.15) is 30.8 Å². The number of carbonyl (C=O) groups excluding carboxylic acids is 7. The number of hydrogen-bond acceptors (Lipinski definition) is 9. The van der Waals surface area contributed by atoms with E-state index in [0.717, 1.165) is 40.8 Å². The molecule has 1 aromatic heterocycles. The molecule has 0 unspecified atom stereocenters. The van der Waals surface area contributed by atoms with Crippen molar-refractivity contribution in [1.29, 1.82) is 0 Å². The average Bonchev–Trinajstić information content (AvgIpc) is 3.71. The Morgan fingerprint density at radius 2 is 1.57 bits per heavy atom. The fourth-order valence-electron chi connectivity index (χ4n) is 6.52. The third-order valence-corrected chi connectivity index (χ3v) is 9.23. The van der Waals surface area contributed by atoms with E-state index < -0.39 is 96.1 Å². The first-order valence-electron chi connectivity index (χ1n) is 18.4. The first-order valence-corrected chi connectivity index (χ1v) is 18.4. The predicted octanol–water partition coefficient (Wildman–Crippen LogP) is 0.625. The molecule has 4 rings (SSSR count). The molecule has 0 spiro atoms. The van der Waals surface area contributed by atoms with Crippen LogP contribution in [0, 0.1) is 17.0 Å². The molecule has 2 heterocycles. The summed E-state index contributed by atoms with van der Waals surface area (Å²) in [6.07, 6.45) is 2.94. The van der Waals surface area contributed by atoms with Crippen molar-refractivity contribution in [3.63, 3.8) is 0 Å². The van der Waals surface area contributed by atoms with E-state index in [2.05, 4.69) is 16.0 Å². The van der Waals surface area contributed by atoms with Crippen molar-refractivity contribution >= 4 is 41.4 Å². The van der Waals surface area contributed by atoms with E-state index in [1.807, 2.05) is 51.1 Å². The Bertz CT molecular complexity index is 2030. The van der Waals surface area contributed by atoms with Crippen LogP contribution in [0.4, 0.5) is 8.78 Å². The Balaban J connectivity index is 1.63. The highest BCUT2D eigenvalue weighted by Crippen LogP contribution is 2.41. The molecule has 310 valence electrons. The summed E-state index contributed by atoms with van der Waals surface area (Å²) in [5.74, 6) is -6.55. The van der Waals surface area contributed by atoms with Gasteiger partial charge in [-0.15, -0.1) is 0 Å². The smallest absolute Gasteiger partial charge is 0.254 e. The summed E-state index contributed by atoms with van der Waals surface area (Å²) >= 11 is 0. The monoisotopic (exact) mass is 806 g/mol. The van der Waals surface area contributed by atoms with E-state index in [0.29, 0.717) is 11.3 Å². The molecule has 3 atom stereocenters. The normalized spacial score (nSPS) is 14.2. The van der Waals surface area contributed by atoms with Crippen LogP contribution in [0.1, 0.15) is 50.9 Å². The molecule has 8 N–H and O–H groups in total. The van der Waals surface area contributed by atoms with Crippen molar-refractivity contribution < 1.29 is 47.4 Å². The molecule has 16 nitrogen and oxygen atoms in total. The van der Waals surface area contributed by atoms with Crippen molar-refractivity contribution in [2.24, 2.45) is 16.9 Å². The minimum Gasteiger partial charge on any atom is -0.387 e. The summed E-state index contributed by atoms with van der Waals surface area (Å²) < 4.78 is 31.4. The van der Waals surface area contributed by atoms with Crippen LogP contribution in [-0.4, -0.2) is 106 Å². The third-order valence-electron chi connectivity index (χ3n) is 9.23. The lowest BCUT2D eigenvalue weighted by molar-refractivity contribution is -0.141. The van der Waals surface area contributed by atoms with Crippen LogP contribution in [0.5, 0.6) is 0 Å². The van der Waals surface area contributed by atoms with Crippen LogP contribution in [-0.2, 0) is 40.1 Å². The minimum atomic E-state index is -1.42. The molecule has 2 aromatic carbocycles. The van der Waals surface area contributed by atoms with Gasteiger partial charge in [-0.05, 0) is 41.7 Å². The molecule has 58 heavy (non-hydrogen) atoms. The standard InChI is InChI=1S/C40H48F2N8O8/c1-40(2,3)37(31-17-25(27-18-26(41)9-10-28(27)42)21-48(31)20-24-7-5-4-6-8-24)49(36(56)23-51)16-13-30(47-38(57)29(43)19-32(44)52)39(58)46-15-14-45-33(53)22-50-34(54)11-12-35(50)55/h4-12,17-18,21,29-30,37,51H,13-16,19-20,22-23,43H2,1-3H3,(H2,44,52)(H,45,53)(H,46,58)(H,47,57)/t29-,30-,37-/m0/s1. The Labute approximate surface area is 333 Å². The molecule has 3 aromatic rings. The fourth-order valence-corrected chi connectivity index (χ4v) is 6.52. The summed E-state index contributed by atoms with van der Waals surface area (Å²) in [5.41, 5.74) is 12.0. The van der Waals surface area contributed by atoms with E-state index >= 15 is 4.39 Å².